The topological polar surface area (TPSA) is 66.4 Å². The quantitative estimate of drug-likeness (QED) is 0.706. The first-order valence-corrected chi connectivity index (χ1v) is 4.76. The third-order valence-electron chi connectivity index (χ3n) is 2.60. The maximum absolute atomic E-state index is 11.3. The highest BCUT2D eigenvalue weighted by molar-refractivity contribution is 5.98. The van der Waals surface area contributed by atoms with Gasteiger partial charge in [-0.25, -0.2) is 0 Å². The van der Waals surface area contributed by atoms with Crippen LogP contribution in [0.5, 0.6) is 0 Å². The van der Waals surface area contributed by atoms with Gasteiger partial charge in [0.05, 0.1) is 6.04 Å². The van der Waals surface area contributed by atoms with E-state index in [0.29, 0.717) is 6.42 Å². The van der Waals surface area contributed by atoms with Gasteiger partial charge in [-0.3, -0.25) is 9.59 Å². The fourth-order valence-corrected chi connectivity index (χ4v) is 1.79. The van der Waals surface area contributed by atoms with Gasteiger partial charge in [0, 0.05) is 0 Å². The molecule has 4 nitrogen and oxygen atoms in total. The molecule has 0 aromatic heterocycles. The number of amides is 1. The standard InChI is InChI=1S/C11H11NO3/c13-10-8(11(14)15)6-9(12-10)7-4-2-1-3-5-7/h1-5,8-9H,6H2,(H,12,13)(H,14,15)/t8-,9-/m1/s1. The normalized spacial score (nSPS) is 24.9. The second-order valence-electron chi connectivity index (χ2n) is 3.60. The van der Waals surface area contributed by atoms with Gasteiger partial charge in [-0.15, -0.1) is 0 Å². The number of carbonyl (C=O) groups excluding carboxylic acids is 1. The lowest BCUT2D eigenvalue weighted by atomic mass is 10.0. The molecule has 0 saturated carbocycles. The molecule has 4 heteroatoms. The fraction of sp³-hybridized carbons (Fsp3) is 0.273. The number of aliphatic carboxylic acids is 1. The highest BCUT2D eigenvalue weighted by Gasteiger charge is 2.37. The number of rotatable bonds is 2. The maximum atomic E-state index is 11.3. The Morgan fingerprint density at radius 2 is 2.00 bits per heavy atom. The van der Waals surface area contributed by atoms with E-state index in [1.807, 2.05) is 30.3 Å². The number of carboxylic acids is 1. The van der Waals surface area contributed by atoms with E-state index in [1.54, 1.807) is 0 Å². The van der Waals surface area contributed by atoms with Gasteiger partial charge in [0.25, 0.3) is 0 Å². The molecule has 0 aliphatic carbocycles. The SMILES string of the molecule is O=C(O)[C@@H]1C[C@H](c2ccccc2)NC1=O. The highest BCUT2D eigenvalue weighted by Crippen LogP contribution is 2.27. The number of hydrogen-bond acceptors (Lipinski definition) is 2. The summed E-state index contributed by atoms with van der Waals surface area (Å²) in [6.07, 6.45) is 0.332. The van der Waals surface area contributed by atoms with Crippen molar-refractivity contribution in [2.45, 2.75) is 12.5 Å². The number of nitrogens with one attached hydrogen (secondary N) is 1. The first kappa shape index (κ1) is 9.71. The summed E-state index contributed by atoms with van der Waals surface area (Å²) in [5.41, 5.74) is 0.953. The Morgan fingerprint density at radius 3 is 2.53 bits per heavy atom. The average molecular weight is 205 g/mol. The van der Waals surface area contributed by atoms with E-state index in [4.69, 9.17) is 5.11 Å². The molecule has 1 heterocycles. The molecule has 2 atom stereocenters. The van der Waals surface area contributed by atoms with E-state index in [0.717, 1.165) is 5.56 Å². The van der Waals surface area contributed by atoms with Crippen LogP contribution in [-0.2, 0) is 9.59 Å². The molecule has 78 valence electrons. The van der Waals surface area contributed by atoms with Gasteiger partial charge in [-0.05, 0) is 12.0 Å². The molecule has 1 aromatic carbocycles. The van der Waals surface area contributed by atoms with Gasteiger partial charge < -0.3 is 10.4 Å². The van der Waals surface area contributed by atoms with Crippen LogP contribution in [0.15, 0.2) is 30.3 Å². The minimum absolute atomic E-state index is 0.167. The van der Waals surface area contributed by atoms with Gasteiger partial charge in [-0.2, -0.15) is 0 Å². The summed E-state index contributed by atoms with van der Waals surface area (Å²) in [4.78, 5) is 22.0. The summed E-state index contributed by atoms with van der Waals surface area (Å²) >= 11 is 0. The largest absolute Gasteiger partial charge is 0.481 e. The van der Waals surface area contributed by atoms with Crippen LogP contribution in [0.25, 0.3) is 0 Å². The Labute approximate surface area is 86.9 Å². The molecular weight excluding hydrogens is 194 g/mol. The molecule has 2 rings (SSSR count). The second kappa shape index (κ2) is 3.73. The molecule has 0 unspecified atom stereocenters. The Kier molecular flexibility index (Phi) is 2.41. The predicted octanol–water partition coefficient (Wildman–Crippen LogP) is 0.948. The van der Waals surface area contributed by atoms with Gasteiger partial charge in [0.2, 0.25) is 5.91 Å². The summed E-state index contributed by atoms with van der Waals surface area (Å²) < 4.78 is 0. The Balaban J connectivity index is 2.16. The van der Waals surface area contributed by atoms with Crippen molar-refractivity contribution >= 4 is 11.9 Å². The third-order valence-corrected chi connectivity index (χ3v) is 2.60. The molecule has 1 aromatic rings. The van der Waals surface area contributed by atoms with Crippen molar-refractivity contribution in [3.63, 3.8) is 0 Å². The number of carbonyl (C=O) groups is 2. The first-order valence-electron chi connectivity index (χ1n) is 4.76. The molecule has 1 aliphatic heterocycles. The van der Waals surface area contributed by atoms with E-state index < -0.39 is 17.8 Å². The van der Waals surface area contributed by atoms with Crippen molar-refractivity contribution in [3.8, 4) is 0 Å². The van der Waals surface area contributed by atoms with Crippen LogP contribution in [0, 0.1) is 5.92 Å². The zero-order chi connectivity index (χ0) is 10.8. The van der Waals surface area contributed by atoms with Crippen LogP contribution in [0.4, 0.5) is 0 Å². The number of hydrogen-bond donors (Lipinski definition) is 2. The third kappa shape index (κ3) is 1.83. The monoisotopic (exact) mass is 205 g/mol. The minimum Gasteiger partial charge on any atom is -0.481 e. The van der Waals surface area contributed by atoms with Crippen LogP contribution in [-0.4, -0.2) is 17.0 Å². The van der Waals surface area contributed by atoms with Gasteiger partial charge in [-0.1, -0.05) is 30.3 Å². The summed E-state index contributed by atoms with van der Waals surface area (Å²) in [6, 6.07) is 9.23. The molecule has 0 radical (unpaired) electrons. The van der Waals surface area contributed by atoms with E-state index in [2.05, 4.69) is 5.32 Å². The Hall–Kier alpha value is -1.84. The molecule has 1 aliphatic rings. The first-order chi connectivity index (χ1) is 7.18. The lowest BCUT2D eigenvalue weighted by molar-refractivity contribution is -0.145. The molecular formula is C11H11NO3. The highest BCUT2D eigenvalue weighted by atomic mass is 16.4. The van der Waals surface area contributed by atoms with Crippen LogP contribution in [0.1, 0.15) is 18.0 Å². The summed E-state index contributed by atoms with van der Waals surface area (Å²) in [7, 11) is 0. The zero-order valence-electron chi connectivity index (χ0n) is 8.01. The average Bonchev–Trinajstić information content (AvgIpc) is 2.62. The lowest BCUT2D eigenvalue weighted by Gasteiger charge is -2.08. The van der Waals surface area contributed by atoms with Crippen molar-refractivity contribution in [2.24, 2.45) is 5.92 Å². The Morgan fingerprint density at radius 1 is 1.33 bits per heavy atom. The van der Waals surface area contributed by atoms with Crippen molar-refractivity contribution in [1.29, 1.82) is 0 Å². The lowest BCUT2D eigenvalue weighted by Crippen LogP contribution is -2.25. The van der Waals surface area contributed by atoms with Gasteiger partial charge in [0.1, 0.15) is 5.92 Å². The van der Waals surface area contributed by atoms with E-state index >= 15 is 0 Å². The second-order valence-corrected chi connectivity index (χ2v) is 3.60. The van der Waals surface area contributed by atoms with Crippen molar-refractivity contribution in [1.82, 2.24) is 5.32 Å². The van der Waals surface area contributed by atoms with Crippen molar-refractivity contribution in [3.05, 3.63) is 35.9 Å². The van der Waals surface area contributed by atoms with Crippen molar-refractivity contribution in [2.75, 3.05) is 0 Å². The zero-order valence-corrected chi connectivity index (χ0v) is 8.01. The van der Waals surface area contributed by atoms with E-state index in [9.17, 15) is 9.59 Å². The predicted molar refractivity (Wildman–Crippen MR) is 53.1 cm³/mol. The molecule has 15 heavy (non-hydrogen) atoms. The smallest absolute Gasteiger partial charge is 0.316 e. The summed E-state index contributed by atoms with van der Waals surface area (Å²) in [5, 5.41) is 11.5. The molecule has 1 saturated heterocycles. The van der Waals surface area contributed by atoms with Crippen LogP contribution < -0.4 is 5.32 Å². The summed E-state index contributed by atoms with van der Waals surface area (Å²) in [6.45, 7) is 0. The maximum Gasteiger partial charge on any atom is 0.316 e. The van der Waals surface area contributed by atoms with Crippen molar-refractivity contribution < 1.29 is 14.7 Å². The molecule has 1 fully saturated rings. The minimum atomic E-state index is -1.05. The van der Waals surface area contributed by atoms with Crippen LogP contribution >= 0.6 is 0 Å². The van der Waals surface area contributed by atoms with Gasteiger partial charge in [0.15, 0.2) is 0 Å². The molecule has 1 amide bonds. The Bertz CT molecular complexity index is 388. The van der Waals surface area contributed by atoms with Crippen LogP contribution in [0.3, 0.4) is 0 Å². The number of benzene rings is 1. The summed E-state index contributed by atoms with van der Waals surface area (Å²) in [5.74, 6) is -2.35. The number of carboxylic acid groups (broad SMARTS) is 1. The molecule has 0 spiro atoms. The van der Waals surface area contributed by atoms with Gasteiger partial charge >= 0.3 is 5.97 Å². The fourth-order valence-electron chi connectivity index (χ4n) is 1.79. The molecule has 2 N–H and O–H groups in total. The van der Waals surface area contributed by atoms with E-state index in [1.165, 1.54) is 0 Å². The van der Waals surface area contributed by atoms with E-state index in [-0.39, 0.29) is 6.04 Å². The molecule has 0 bridgehead atoms. The van der Waals surface area contributed by atoms with Crippen LogP contribution in [0.2, 0.25) is 0 Å².